The molecule has 6 heteroatoms. The molecule has 156 valence electrons. The maximum atomic E-state index is 13.5. The van der Waals surface area contributed by atoms with Crippen LogP contribution >= 0.6 is 0 Å². The van der Waals surface area contributed by atoms with E-state index >= 15 is 0 Å². The van der Waals surface area contributed by atoms with E-state index in [-0.39, 0.29) is 5.91 Å². The second kappa shape index (κ2) is 9.13. The molecule has 0 saturated carbocycles. The SMILES string of the molecule is COc1cccc(-c2nn(Cc3ccccc3)cc2C(=O)N2CCCN(C)CC2)c1. The monoisotopic (exact) mass is 404 g/mol. The molecular weight excluding hydrogens is 376 g/mol. The molecule has 0 aliphatic carbocycles. The van der Waals surface area contributed by atoms with Gasteiger partial charge in [0.2, 0.25) is 0 Å². The summed E-state index contributed by atoms with van der Waals surface area (Å²) in [6.07, 6.45) is 2.87. The highest BCUT2D eigenvalue weighted by molar-refractivity contribution is 6.00. The Morgan fingerprint density at radius 3 is 2.67 bits per heavy atom. The fraction of sp³-hybridized carbons (Fsp3) is 0.333. The fourth-order valence-corrected chi connectivity index (χ4v) is 3.83. The molecule has 1 aliphatic heterocycles. The zero-order valence-corrected chi connectivity index (χ0v) is 17.6. The molecule has 0 spiro atoms. The largest absolute Gasteiger partial charge is 0.497 e. The van der Waals surface area contributed by atoms with Gasteiger partial charge in [-0.05, 0) is 37.7 Å². The summed E-state index contributed by atoms with van der Waals surface area (Å²) in [7, 11) is 3.75. The molecule has 1 aromatic heterocycles. The molecule has 1 saturated heterocycles. The first-order valence-electron chi connectivity index (χ1n) is 10.4. The predicted octanol–water partition coefficient (Wildman–Crippen LogP) is 3.38. The van der Waals surface area contributed by atoms with Crippen molar-refractivity contribution in [2.45, 2.75) is 13.0 Å². The third-order valence-electron chi connectivity index (χ3n) is 5.53. The van der Waals surface area contributed by atoms with Gasteiger partial charge in [-0.1, -0.05) is 42.5 Å². The molecule has 0 N–H and O–H groups in total. The normalized spacial score (nSPS) is 15.1. The lowest BCUT2D eigenvalue weighted by Crippen LogP contribution is -2.34. The highest BCUT2D eigenvalue weighted by Gasteiger charge is 2.25. The Morgan fingerprint density at radius 1 is 1.03 bits per heavy atom. The van der Waals surface area contributed by atoms with Gasteiger partial charge in [0.1, 0.15) is 11.4 Å². The molecule has 1 aliphatic rings. The van der Waals surface area contributed by atoms with Gasteiger partial charge < -0.3 is 14.5 Å². The van der Waals surface area contributed by atoms with E-state index in [2.05, 4.69) is 24.1 Å². The van der Waals surface area contributed by atoms with Crippen LogP contribution in [0.25, 0.3) is 11.3 Å². The lowest BCUT2D eigenvalue weighted by atomic mass is 10.1. The third-order valence-corrected chi connectivity index (χ3v) is 5.53. The highest BCUT2D eigenvalue weighted by Crippen LogP contribution is 2.27. The Bertz CT molecular complexity index is 999. The Labute approximate surface area is 177 Å². The average molecular weight is 405 g/mol. The quantitative estimate of drug-likeness (QED) is 0.654. The van der Waals surface area contributed by atoms with E-state index in [1.807, 2.05) is 58.2 Å². The third kappa shape index (κ3) is 4.54. The summed E-state index contributed by atoms with van der Waals surface area (Å²) < 4.78 is 7.25. The minimum Gasteiger partial charge on any atom is -0.497 e. The molecule has 1 fully saturated rings. The zero-order chi connectivity index (χ0) is 20.9. The molecule has 2 heterocycles. The zero-order valence-electron chi connectivity index (χ0n) is 17.6. The van der Waals surface area contributed by atoms with Crippen molar-refractivity contribution >= 4 is 5.91 Å². The van der Waals surface area contributed by atoms with E-state index in [4.69, 9.17) is 9.84 Å². The van der Waals surface area contributed by atoms with Gasteiger partial charge in [-0.15, -0.1) is 0 Å². The number of nitrogens with zero attached hydrogens (tertiary/aromatic N) is 4. The number of ether oxygens (including phenoxy) is 1. The van der Waals surface area contributed by atoms with Crippen molar-refractivity contribution in [2.24, 2.45) is 0 Å². The number of aromatic nitrogens is 2. The van der Waals surface area contributed by atoms with Crippen LogP contribution in [0.5, 0.6) is 5.75 Å². The summed E-state index contributed by atoms with van der Waals surface area (Å²) in [5.74, 6) is 0.794. The Kier molecular flexibility index (Phi) is 6.14. The van der Waals surface area contributed by atoms with Crippen molar-refractivity contribution in [3.05, 3.63) is 71.9 Å². The number of hydrogen-bond donors (Lipinski definition) is 0. The molecule has 2 aromatic carbocycles. The Morgan fingerprint density at radius 2 is 1.87 bits per heavy atom. The van der Waals surface area contributed by atoms with E-state index in [0.717, 1.165) is 49.5 Å². The Balaban J connectivity index is 1.70. The minimum absolute atomic E-state index is 0.0439. The van der Waals surface area contributed by atoms with Crippen LogP contribution in [0, 0.1) is 0 Å². The average Bonchev–Trinajstić information content (AvgIpc) is 3.07. The lowest BCUT2D eigenvalue weighted by Gasteiger charge is -2.20. The first-order valence-corrected chi connectivity index (χ1v) is 10.4. The molecule has 4 rings (SSSR count). The summed E-state index contributed by atoms with van der Waals surface area (Å²) in [6.45, 7) is 4.02. The molecule has 0 unspecified atom stereocenters. The second-order valence-corrected chi connectivity index (χ2v) is 7.76. The van der Waals surface area contributed by atoms with Crippen LogP contribution in [0.15, 0.2) is 60.8 Å². The van der Waals surface area contributed by atoms with E-state index in [9.17, 15) is 4.79 Å². The maximum Gasteiger partial charge on any atom is 0.257 e. The number of amides is 1. The van der Waals surface area contributed by atoms with Crippen molar-refractivity contribution in [3.8, 4) is 17.0 Å². The first kappa shape index (κ1) is 20.2. The van der Waals surface area contributed by atoms with E-state index in [1.54, 1.807) is 7.11 Å². The highest BCUT2D eigenvalue weighted by atomic mass is 16.5. The van der Waals surface area contributed by atoms with Crippen LogP contribution in [-0.2, 0) is 6.54 Å². The van der Waals surface area contributed by atoms with Gasteiger partial charge in [0, 0.05) is 31.4 Å². The number of likely N-dealkylation sites (N-methyl/N-ethyl adjacent to an activating group) is 1. The van der Waals surface area contributed by atoms with Gasteiger partial charge >= 0.3 is 0 Å². The van der Waals surface area contributed by atoms with Crippen LogP contribution in [0.1, 0.15) is 22.3 Å². The van der Waals surface area contributed by atoms with Gasteiger partial charge in [-0.2, -0.15) is 5.10 Å². The summed E-state index contributed by atoms with van der Waals surface area (Å²) in [4.78, 5) is 17.7. The summed E-state index contributed by atoms with van der Waals surface area (Å²) in [6, 6.07) is 17.9. The van der Waals surface area contributed by atoms with Crippen LogP contribution in [0.4, 0.5) is 0 Å². The fourth-order valence-electron chi connectivity index (χ4n) is 3.83. The summed E-state index contributed by atoms with van der Waals surface area (Å²) in [5, 5.41) is 4.81. The maximum absolute atomic E-state index is 13.5. The number of methoxy groups -OCH3 is 1. The molecular formula is C24H28N4O2. The second-order valence-electron chi connectivity index (χ2n) is 7.76. The van der Waals surface area contributed by atoms with E-state index in [1.165, 1.54) is 0 Å². The van der Waals surface area contributed by atoms with Crippen molar-refractivity contribution in [2.75, 3.05) is 40.3 Å². The number of carbonyl (C=O) groups is 1. The van der Waals surface area contributed by atoms with Crippen molar-refractivity contribution in [3.63, 3.8) is 0 Å². The molecule has 0 atom stereocenters. The molecule has 6 nitrogen and oxygen atoms in total. The molecule has 3 aromatic rings. The summed E-state index contributed by atoms with van der Waals surface area (Å²) in [5.41, 5.74) is 3.38. The van der Waals surface area contributed by atoms with Gasteiger partial charge in [0.25, 0.3) is 5.91 Å². The first-order chi connectivity index (χ1) is 14.6. The van der Waals surface area contributed by atoms with Gasteiger partial charge in [0.15, 0.2) is 0 Å². The number of benzene rings is 2. The molecule has 0 bridgehead atoms. The predicted molar refractivity (Wildman–Crippen MR) is 118 cm³/mol. The smallest absolute Gasteiger partial charge is 0.257 e. The Hall–Kier alpha value is -3.12. The minimum atomic E-state index is 0.0439. The van der Waals surface area contributed by atoms with Gasteiger partial charge in [0.05, 0.1) is 19.2 Å². The van der Waals surface area contributed by atoms with Gasteiger partial charge in [-0.3, -0.25) is 9.48 Å². The van der Waals surface area contributed by atoms with Crippen LogP contribution in [0.3, 0.4) is 0 Å². The summed E-state index contributed by atoms with van der Waals surface area (Å²) >= 11 is 0. The van der Waals surface area contributed by atoms with Crippen molar-refractivity contribution < 1.29 is 9.53 Å². The van der Waals surface area contributed by atoms with Gasteiger partial charge in [-0.25, -0.2) is 0 Å². The standard InChI is InChI=1S/C24H28N4O2/c1-26-12-7-13-27(15-14-26)24(29)22-18-28(17-19-8-4-3-5-9-19)25-23(22)20-10-6-11-21(16-20)30-2/h3-6,8-11,16,18H,7,12-15,17H2,1-2H3. The molecule has 1 amide bonds. The van der Waals surface area contributed by atoms with Crippen LogP contribution < -0.4 is 4.74 Å². The molecule has 0 radical (unpaired) electrons. The number of rotatable bonds is 5. The van der Waals surface area contributed by atoms with E-state index < -0.39 is 0 Å². The van der Waals surface area contributed by atoms with Crippen molar-refractivity contribution in [1.29, 1.82) is 0 Å². The number of carbonyl (C=O) groups excluding carboxylic acids is 1. The lowest BCUT2D eigenvalue weighted by molar-refractivity contribution is 0.0763. The number of hydrogen-bond acceptors (Lipinski definition) is 4. The van der Waals surface area contributed by atoms with Crippen LogP contribution in [0.2, 0.25) is 0 Å². The van der Waals surface area contributed by atoms with E-state index in [0.29, 0.717) is 17.8 Å². The van der Waals surface area contributed by atoms with Crippen molar-refractivity contribution in [1.82, 2.24) is 19.6 Å². The molecule has 30 heavy (non-hydrogen) atoms. The topological polar surface area (TPSA) is 50.6 Å². The van der Waals surface area contributed by atoms with Crippen LogP contribution in [-0.4, -0.2) is 65.8 Å².